The van der Waals surface area contributed by atoms with Crippen LogP contribution in [0.15, 0.2) is 16.6 Å². The molecule has 1 unspecified atom stereocenters. The molecule has 1 aliphatic heterocycles. The molecule has 0 aromatic heterocycles. The van der Waals surface area contributed by atoms with Gasteiger partial charge in [-0.1, -0.05) is 11.6 Å². The van der Waals surface area contributed by atoms with Gasteiger partial charge in [-0.3, -0.25) is 4.79 Å². The van der Waals surface area contributed by atoms with Crippen molar-refractivity contribution in [2.45, 2.75) is 19.4 Å². The zero-order valence-corrected chi connectivity index (χ0v) is 12.1. The molecule has 0 spiro atoms. The minimum Gasteiger partial charge on any atom is -0.310 e. The van der Waals surface area contributed by atoms with Gasteiger partial charge in [0, 0.05) is 16.0 Å². The van der Waals surface area contributed by atoms with E-state index in [2.05, 4.69) is 21.2 Å². The fourth-order valence-electron chi connectivity index (χ4n) is 2.03. The number of nitrogens with zero attached hydrogens (tertiary/aromatic N) is 1. The second-order valence-corrected chi connectivity index (χ2v) is 5.43. The van der Waals surface area contributed by atoms with Crippen molar-refractivity contribution in [3.63, 3.8) is 0 Å². The third-order valence-electron chi connectivity index (χ3n) is 3.07. The fraction of sp³-hybridized carbons (Fsp3) is 0.417. The number of nitrogens with one attached hydrogen (secondary N) is 1. The van der Waals surface area contributed by atoms with Gasteiger partial charge in [0.25, 0.3) is 0 Å². The molecule has 0 aliphatic carbocycles. The molecule has 1 aromatic carbocycles. The molecule has 1 aliphatic rings. The van der Waals surface area contributed by atoms with Gasteiger partial charge in [-0.25, -0.2) is 0 Å². The Labute approximate surface area is 114 Å². The third kappa shape index (κ3) is 2.34. The highest BCUT2D eigenvalue weighted by Crippen LogP contribution is 2.34. The maximum Gasteiger partial charge on any atom is 0.244 e. The molecule has 5 heteroatoms. The van der Waals surface area contributed by atoms with Crippen LogP contribution < -0.4 is 10.2 Å². The number of carbonyl (C=O) groups excluding carboxylic acids is 1. The Morgan fingerprint density at radius 3 is 2.82 bits per heavy atom. The van der Waals surface area contributed by atoms with E-state index in [1.807, 2.05) is 26.1 Å². The van der Waals surface area contributed by atoms with Gasteiger partial charge in [0.15, 0.2) is 0 Å². The van der Waals surface area contributed by atoms with Gasteiger partial charge >= 0.3 is 0 Å². The summed E-state index contributed by atoms with van der Waals surface area (Å²) in [5, 5.41) is 3.70. The minimum atomic E-state index is -0.0815. The van der Waals surface area contributed by atoms with E-state index in [1.54, 1.807) is 4.90 Å². The largest absolute Gasteiger partial charge is 0.310 e. The summed E-state index contributed by atoms with van der Waals surface area (Å²) >= 11 is 9.60. The Kier molecular flexibility index (Phi) is 3.76. The Bertz CT molecular complexity index is 464. The maximum absolute atomic E-state index is 12.1. The van der Waals surface area contributed by atoms with E-state index in [4.69, 9.17) is 11.6 Å². The Morgan fingerprint density at radius 2 is 2.24 bits per heavy atom. The molecule has 17 heavy (non-hydrogen) atoms. The van der Waals surface area contributed by atoms with Crippen LogP contribution in [0.3, 0.4) is 0 Å². The number of hydrogen-bond donors (Lipinski definition) is 1. The smallest absolute Gasteiger partial charge is 0.244 e. The van der Waals surface area contributed by atoms with E-state index in [1.165, 1.54) is 0 Å². The Hall–Kier alpha value is -0.580. The highest BCUT2D eigenvalue weighted by Gasteiger charge is 2.32. The third-order valence-corrected chi connectivity index (χ3v) is 4.12. The molecule has 1 N–H and O–H groups in total. The van der Waals surface area contributed by atoms with Gasteiger partial charge in [0.05, 0.1) is 11.7 Å². The van der Waals surface area contributed by atoms with Crippen LogP contribution in [0.4, 0.5) is 5.69 Å². The molecular weight excluding hydrogens is 304 g/mol. The standard InChI is InChI=1S/C12H14BrClN2O/c1-7-5-8(13)11(6-9(7)14)16-4-3-10(15-2)12(16)17/h5-6,10,15H,3-4H2,1-2H3. The van der Waals surface area contributed by atoms with E-state index in [0.717, 1.165) is 28.7 Å². The first kappa shape index (κ1) is 12.9. The van der Waals surface area contributed by atoms with Crippen LogP contribution in [0.1, 0.15) is 12.0 Å². The second kappa shape index (κ2) is 4.96. The summed E-state index contributed by atoms with van der Waals surface area (Å²) < 4.78 is 0.907. The number of rotatable bonds is 2. The molecule has 0 saturated carbocycles. The Balaban J connectivity index is 2.36. The van der Waals surface area contributed by atoms with E-state index in [0.29, 0.717) is 5.02 Å². The highest BCUT2D eigenvalue weighted by molar-refractivity contribution is 9.10. The summed E-state index contributed by atoms with van der Waals surface area (Å²) in [7, 11) is 1.81. The molecule has 92 valence electrons. The van der Waals surface area contributed by atoms with Gasteiger partial charge in [0.1, 0.15) is 0 Å². The van der Waals surface area contributed by atoms with Gasteiger partial charge in [0.2, 0.25) is 5.91 Å². The fourth-order valence-corrected chi connectivity index (χ4v) is 2.86. The normalized spacial score (nSPS) is 20.1. The molecule has 1 heterocycles. The quantitative estimate of drug-likeness (QED) is 0.909. The first-order chi connectivity index (χ1) is 8.04. The lowest BCUT2D eigenvalue weighted by Gasteiger charge is -2.19. The van der Waals surface area contributed by atoms with E-state index >= 15 is 0 Å². The van der Waals surface area contributed by atoms with Crippen molar-refractivity contribution < 1.29 is 4.79 Å². The predicted molar refractivity (Wildman–Crippen MR) is 73.7 cm³/mol. The predicted octanol–water partition coefficient (Wildman–Crippen LogP) is 2.74. The van der Waals surface area contributed by atoms with Crippen molar-refractivity contribution in [3.8, 4) is 0 Å². The molecule has 3 nitrogen and oxygen atoms in total. The molecule has 1 aromatic rings. The molecule has 1 atom stereocenters. The van der Waals surface area contributed by atoms with Crippen molar-refractivity contribution in [3.05, 3.63) is 27.2 Å². The number of amides is 1. The number of likely N-dealkylation sites (N-methyl/N-ethyl adjacent to an activating group) is 1. The van der Waals surface area contributed by atoms with Crippen LogP contribution in [-0.2, 0) is 4.79 Å². The molecular formula is C12H14BrClN2O. The topological polar surface area (TPSA) is 32.3 Å². The maximum atomic E-state index is 12.1. The number of aryl methyl sites for hydroxylation is 1. The van der Waals surface area contributed by atoms with Crippen LogP contribution in [0.2, 0.25) is 5.02 Å². The van der Waals surface area contributed by atoms with Gasteiger partial charge in [-0.05, 0) is 54.0 Å². The summed E-state index contributed by atoms with van der Waals surface area (Å²) in [5.74, 6) is 0.105. The minimum absolute atomic E-state index is 0.0815. The number of benzene rings is 1. The lowest BCUT2D eigenvalue weighted by Crippen LogP contribution is -2.36. The molecule has 1 fully saturated rings. The summed E-state index contributed by atoms with van der Waals surface area (Å²) in [6.07, 6.45) is 0.827. The highest BCUT2D eigenvalue weighted by atomic mass is 79.9. The van der Waals surface area contributed by atoms with E-state index < -0.39 is 0 Å². The summed E-state index contributed by atoms with van der Waals surface area (Å²) in [5.41, 5.74) is 1.85. The van der Waals surface area contributed by atoms with Crippen LogP contribution in [0.5, 0.6) is 0 Å². The van der Waals surface area contributed by atoms with Crippen molar-refractivity contribution >= 4 is 39.1 Å². The summed E-state index contributed by atoms with van der Waals surface area (Å²) in [6.45, 7) is 2.67. The lowest BCUT2D eigenvalue weighted by atomic mass is 10.2. The van der Waals surface area contributed by atoms with Crippen LogP contribution >= 0.6 is 27.5 Å². The monoisotopic (exact) mass is 316 g/mol. The number of carbonyl (C=O) groups is 1. The van der Waals surface area contributed by atoms with Crippen LogP contribution in [-0.4, -0.2) is 25.5 Å². The van der Waals surface area contributed by atoms with Crippen molar-refractivity contribution in [2.75, 3.05) is 18.5 Å². The molecule has 0 bridgehead atoms. The number of anilines is 1. The van der Waals surface area contributed by atoms with Gasteiger partial charge in [-0.2, -0.15) is 0 Å². The molecule has 1 saturated heterocycles. The zero-order chi connectivity index (χ0) is 12.6. The van der Waals surface area contributed by atoms with Gasteiger partial charge in [-0.15, -0.1) is 0 Å². The first-order valence-corrected chi connectivity index (χ1v) is 6.66. The van der Waals surface area contributed by atoms with Crippen molar-refractivity contribution in [1.29, 1.82) is 0 Å². The second-order valence-electron chi connectivity index (χ2n) is 4.17. The summed E-state index contributed by atoms with van der Waals surface area (Å²) in [4.78, 5) is 13.9. The molecule has 1 amide bonds. The first-order valence-electron chi connectivity index (χ1n) is 5.49. The zero-order valence-electron chi connectivity index (χ0n) is 9.76. The van der Waals surface area contributed by atoms with Crippen molar-refractivity contribution in [1.82, 2.24) is 5.32 Å². The molecule has 0 radical (unpaired) electrons. The van der Waals surface area contributed by atoms with Crippen LogP contribution in [0.25, 0.3) is 0 Å². The Morgan fingerprint density at radius 1 is 1.53 bits per heavy atom. The van der Waals surface area contributed by atoms with Crippen molar-refractivity contribution in [2.24, 2.45) is 0 Å². The molecule has 2 rings (SSSR count). The van der Waals surface area contributed by atoms with E-state index in [-0.39, 0.29) is 11.9 Å². The van der Waals surface area contributed by atoms with Crippen LogP contribution in [0, 0.1) is 6.92 Å². The average Bonchev–Trinajstić information content (AvgIpc) is 2.65. The number of halogens is 2. The lowest BCUT2D eigenvalue weighted by molar-refractivity contribution is -0.118. The van der Waals surface area contributed by atoms with Gasteiger partial charge < -0.3 is 10.2 Å². The van der Waals surface area contributed by atoms with E-state index in [9.17, 15) is 4.79 Å². The SMILES string of the molecule is CNC1CCN(c2cc(Cl)c(C)cc2Br)C1=O. The summed E-state index contributed by atoms with van der Waals surface area (Å²) in [6, 6.07) is 3.70. The number of hydrogen-bond acceptors (Lipinski definition) is 2. The average molecular weight is 318 g/mol.